The van der Waals surface area contributed by atoms with Gasteiger partial charge >= 0.3 is 6.29 Å². The molecule has 0 aliphatic carbocycles. The summed E-state index contributed by atoms with van der Waals surface area (Å²) >= 11 is 0. The van der Waals surface area contributed by atoms with E-state index in [9.17, 15) is 8.78 Å². The van der Waals surface area contributed by atoms with Gasteiger partial charge in [0.1, 0.15) is 11.6 Å². The van der Waals surface area contributed by atoms with Crippen molar-refractivity contribution in [3.63, 3.8) is 0 Å². The van der Waals surface area contributed by atoms with Crippen LogP contribution >= 0.6 is 0 Å². The van der Waals surface area contributed by atoms with E-state index in [-0.39, 0.29) is 17.6 Å². The number of morpholine rings is 1. The molecule has 9 heteroatoms. The van der Waals surface area contributed by atoms with Crippen LogP contribution in [-0.2, 0) is 17.8 Å². The van der Waals surface area contributed by atoms with Crippen LogP contribution < -0.4 is 9.47 Å². The minimum Gasteiger partial charge on any atom is -0.395 e. The molecule has 1 unspecified atom stereocenters. The van der Waals surface area contributed by atoms with Gasteiger partial charge in [-0.3, -0.25) is 4.90 Å². The largest absolute Gasteiger partial charge is 0.586 e. The van der Waals surface area contributed by atoms with E-state index in [2.05, 4.69) is 24.5 Å². The fourth-order valence-electron chi connectivity index (χ4n) is 3.35. The van der Waals surface area contributed by atoms with Crippen LogP contribution in [0.15, 0.2) is 18.2 Å². The van der Waals surface area contributed by atoms with E-state index in [0.29, 0.717) is 38.3 Å². The molecule has 2 aliphatic rings. The van der Waals surface area contributed by atoms with Gasteiger partial charge in [0.05, 0.1) is 19.3 Å². The first-order chi connectivity index (χ1) is 12.4. The fourth-order valence-corrected chi connectivity index (χ4v) is 3.35. The van der Waals surface area contributed by atoms with Gasteiger partial charge in [0.2, 0.25) is 0 Å². The standard InChI is InChI=1S/C17H20F2N4O3/c1-11-20-12(2)23(21-11)10-14-9-22(6-7-24-14)8-13-4-3-5-15-16(13)26-17(18,19)25-15/h3-5,14H,6-10H2,1-2H3. The quantitative estimate of drug-likeness (QED) is 0.826. The number of benzene rings is 1. The van der Waals surface area contributed by atoms with E-state index in [1.54, 1.807) is 12.1 Å². The molecule has 2 aromatic rings. The smallest absolute Gasteiger partial charge is 0.395 e. The van der Waals surface area contributed by atoms with Crippen molar-refractivity contribution < 1.29 is 23.0 Å². The Balaban J connectivity index is 1.43. The van der Waals surface area contributed by atoms with Crippen molar-refractivity contribution in [2.45, 2.75) is 39.3 Å². The summed E-state index contributed by atoms with van der Waals surface area (Å²) in [5, 5.41) is 4.36. The summed E-state index contributed by atoms with van der Waals surface area (Å²) in [4.78, 5) is 6.45. The number of halogens is 2. The molecular formula is C17H20F2N4O3. The topological polar surface area (TPSA) is 61.6 Å². The van der Waals surface area contributed by atoms with E-state index < -0.39 is 6.29 Å². The second-order valence-electron chi connectivity index (χ2n) is 6.53. The summed E-state index contributed by atoms with van der Waals surface area (Å²) in [5.41, 5.74) is 0.674. The molecular weight excluding hydrogens is 346 g/mol. The molecule has 7 nitrogen and oxygen atoms in total. The van der Waals surface area contributed by atoms with Crippen LogP contribution in [0.3, 0.4) is 0 Å². The molecule has 1 fully saturated rings. The van der Waals surface area contributed by atoms with Gasteiger partial charge in [-0.05, 0) is 19.9 Å². The summed E-state index contributed by atoms with van der Waals surface area (Å²) in [6.07, 6.45) is -3.65. The number of aromatic nitrogens is 3. The third-order valence-electron chi connectivity index (χ3n) is 4.47. The van der Waals surface area contributed by atoms with Gasteiger partial charge in [-0.15, -0.1) is 8.78 Å². The third kappa shape index (κ3) is 3.49. The van der Waals surface area contributed by atoms with Crippen LogP contribution in [0.25, 0.3) is 0 Å². The van der Waals surface area contributed by atoms with Gasteiger partial charge in [-0.2, -0.15) is 5.10 Å². The highest BCUT2D eigenvalue weighted by atomic mass is 19.3. The van der Waals surface area contributed by atoms with Gasteiger partial charge in [-0.25, -0.2) is 9.67 Å². The Morgan fingerprint density at radius 3 is 2.88 bits per heavy atom. The zero-order valence-corrected chi connectivity index (χ0v) is 14.6. The van der Waals surface area contributed by atoms with Crippen molar-refractivity contribution in [3.05, 3.63) is 35.4 Å². The van der Waals surface area contributed by atoms with Crippen LogP contribution in [0.5, 0.6) is 11.5 Å². The Morgan fingerprint density at radius 2 is 2.12 bits per heavy atom. The number of rotatable bonds is 4. The van der Waals surface area contributed by atoms with Crippen LogP contribution in [-0.4, -0.2) is 51.8 Å². The summed E-state index contributed by atoms with van der Waals surface area (Å²) in [7, 11) is 0. The zero-order valence-electron chi connectivity index (χ0n) is 14.6. The Hall–Kier alpha value is -2.26. The van der Waals surface area contributed by atoms with E-state index in [1.165, 1.54) is 6.07 Å². The van der Waals surface area contributed by atoms with Gasteiger partial charge in [0.15, 0.2) is 11.5 Å². The molecule has 26 heavy (non-hydrogen) atoms. The maximum Gasteiger partial charge on any atom is 0.586 e. The molecule has 0 amide bonds. The normalized spacial score (nSPS) is 21.9. The lowest BCUT2D eigenvalue weighted by Gasteiger charge is -2.33. The van der Waals surface area contributed by atoms with Crippen molar-refractivity contribution in [2.24, 2.45) is 0 Å². The number of ether oxygens (including phenoxy) is 3. The molecule has 140 valence electrons. The molecule has 1 aromatic carbocycles. The summed E-state index contributed by atoms with van der Waals surface area (Å²) in [6, 6.07) is 4.95. The molecule has 1 saturated heterocycles. The van der Waals surface area contributed by atoms with Gasteiger partial charge in [0.25, 0.3) is 0 Å². The highest BCUT2D eigenvalue weighted by Crippen LogP contribution is 2.43. The van der Waals surface area contributed by atoms with Crippen LogP contribution in [0.1, 0.15) is 17.2 Å². The number of nitrogens with zero attached hydrogens (tertiary/aromatic N) is 4. The SMILES string of the molecule is Cc1nc(C)n(CC2CN(Cc3cccc4c3OC(F)(F)O4)CCO2)n1. The van der Waals surface area contributed by atoms with Crippen LogP contribution in [0.2, 0.25) is 0 Å². The van der Waals surface area contributed by atoms with Crippen molar-refractivity contribution in [3.8, 4) is 11.5 Å². The molecule has 0 N–H and O–H groups in total. The Labute approximate surface area is 149 Å². The predicted molar refractivity (Wildman–Crippen MR) is 87.2 cm³/mol. The minimum atomic E-state index is -3.60. The second-order valence-corrected chi connectivity index (χ2v) is 6.53. The first-order valence-corrected chi connectivity index (χ1v) is 8.49. The lowest BCUT2D eigenvalue weighted by molar-refractivity contribution is -0.287. The average Bonchev–Trinajstić information content (AvgIpc) is 3.05. The highest BCUT2D eigenvalue weighted by Gasteiger charge is 2.44. The van der Waals surface area contributed by atoms with E-state index in [1.807, 2.05) is 18.5 Å². The number of aryl methyl sites for hydroxylation is 2. The summed E-state index contributed by atoms with van der Waals surface area (Å²) < 4.78 is 43.6. The average molecular weight is 366 g/mol. The van der Waals surface area contributed by atoms with Crippen LogP contribution in [0.4, 0.5) is 8.78 Å². The maximum atomic E-state index is 13.3. The maximum absolute atomic E-state index is 13.3. The number of alkyl halides is 2. The number of para-hydroxylation sites is 1. The molecule has 0 saturated carbocycles. The summed E-state index contributed by atoms with van der Waals surface area (Å²) in [6.45, 7) is 6.80. The number of hydrogen-bond donors (Lipinski definition) is 0. The number of hydrogen-bond acceptors (Lipinski definition) is 6. The molecule has 0 radical (unpaired) electrons. The number of fused-ring (bicyclic) bond motifs is 1. The first-order valence-electron chi connectivity index (χ1n) is 8.49. The van der Waals surface area contributed by atoms with Crippen LogP contribution in [0, 0.1) is 13.8 Å². The van der Waals surface area contributed by atoms with E-state index in [0.717, 1.165) is 11.6 Å². The monoisotopic (exact) mass is 366 g/mol. The molecule has 1 atom stereocenters. The summed E-state index contributed by atoms with van der Waals surface area (Å²) in [5.74, 6) is 1.76. The van der Waals surface area contributed by atoms with Crippen molar-refractivity contribution in [1.29, 1.82) is 0 Å². The molecule has 4 rings (SSSR count). The Morgan fingerprint density at radius 1 is 1.27 bits per heavy atom. The predicted octanol–water partition coefficient (Wildman–Crippen LogP) is 2.12. The Kier molecular flexibility index (Phi) is 4.28. The van der Waals surface area contributed by atoms with Crippen molar-refractivity contribution >= 4 is 0 Å². The van der Waals surface area contributed by atoms with Gasteiger partial charge in [0, 0.05) is 25.2 Å². The third-order valence-corrected chi connectivity index (χ3v) is 4.47. The van der Waals surface area contributed by atoms with E-state index >= 15 is 0 Å². The molecule has 2 aliphatic heterocycles. The van der Waals surface area contributed by atoms with Crippen molar-refractivity contribution in [2.75, 3.05) is 19.7 Å². The highest BCUT2D eigenvalue weighted by molar-refractivity contribution is 5.48. The molecule has 1 aromatic heterocycles. The fraction of sp³-hybridized carbons (Fsp3) is 0.529. The Bertz CT molecular complexity index is 811. The van der Waals surface area contributed by atoms with Gasteiger partial charge < -0.3 is 14.2 Å². The zero-order chi connectivity index (χ0) is 18.3. The van der Waals surface area contributed by atoms with E-state index in [4.69, 9.17) is 4.74 Å². The molecule has 0 spiro atoms. The van der Waals surface area contributed by atoms with Crippen molar-refractivity contribution in [1.82, 2.24) is 19.7 Å². The molecule has 0 bridgehead atoms. The molecule has 3 heterocycles. The minimum absolute atomic E-state index is 0.0427. The second kappa shape index (κ2) is 6.48. The lowest BCUT2D eigenvalue weighted by atomic mass is 10.1. The van der Waals surface area contributed by atoms with Gasteiger partial charge in [-0.1, -0.05) is 12.1 Å². The lowest BCUT2D eigenvalue weighted by Crippen LogP contribution is -2.44. The first kappa shape index (κ1) is 17.2.